The first-order chi connectivity index (χ1) is 30.1. The number of allylic oxidation sites excluding steroid dienone is 2. The smallest absolute Gasteiger partial charge is 0.260 e. The largest absolute Gasteiger partial charge is 0.497 e. The minimum atomic E-state index is -1.52. The van der Waals surface area contributed by atoms with E-state index in [0.717, 1.165) is 10.6 Å². The molecule has 312 valence electrons. The number of para-hydroxylation sites is 2. The molecular formula is C48H38Cl2N4O8. The molecule has 0 radical (unpaired) electrons. The van der Waals surface area contributed by atoms with Crippen molar-refractivity contribution in [3.8, 4) is 23.0 Å². The molecule has 0 spiro atoms. The number of hydrazine groups is 1. The molecule has 0 bridgehead atoms. The highest BCUT2D eigenvalue weighted by Gasteiger charge is 2.70. The molecule has 3 heterocycles. The molecule has 12 nitrogen and oxygen atoms in total. The third-order valence-corrected chi connectivity index (χ3v) is 13.4. The Bertz CT molecular complexity index is 2780. The number of amides is 4. The van der Waals surface area contributed by atoms with E-state index in [0.29, 0.717) is 61.6 Å². The van der Waals surface area contributed by atoms with E-state index in [1.807, 2.05) is 54.6 Å². The van der Waals surface area contributed by atoms with E-state index in [1.54, 1.807) is 67.8 Å². The summed E-state index contributed by atoms with van der Waals surface area (Å²) in [7, 11) is 1.55. The molecule has 1 saturated carbocycles. The lowest BCUT2D eigenvalue weighted by atomic mass is 9.49. The monoisotopic (exact) mass is 868 g/mol. The van der Waals surface area contributed by atoms with E-state index in [-0.39, 0.29) is 42.9 Å². The summed E-state index contributed by atoms with van der Waals surface area (Å²) in [6.07, 6.45) is 2.36. The van der Waals surface area contributed by atoms with Crippen molar-refractivity contribution >= 4 is 69.3 Å². The summed E-state index contributed by atoms with van der Waals surface area (Å²) in [5.41, 5.74) is 6.34. The van der Waals surface area contributed by atoms with Gasteiger partial charge in [-0.05, 0) is 109 Å². The Hall–Kier alpha value is -6.47. The van der Waals surface area contributed by atoms with E-state index < -0.39 is 46.8 Å². The Labute approximate surface area is 365 Å². The molecule has 6 aromatic rings. The number of fused-ring (bicyclic) bond motifs is 5. The second-order valence-corrected chi connectivity index (χ2v) is 16.7. The number of aromatic nitrogens is 1. The number of oxazole rings is 1. The van der Waals surface area contributed by atoms with Gasteiger partial charge in [0.2, 0.25) is 17.7 Å². The molecule has 6 unspecified atom stereocenters. The van der Waals surface area contributed by atoms with Crippen molar-refractivity contribution in [3.05, 3.63) is 148 Å². The number of aliphatic hydroxyl groups is 1. The number of anilines is 2. The number of methoxy groups -OCH3 is 1. The van der Waals surface area contributed by atoms with Gasteiger partial charge in [0.25, 0.3) is 11.8 Å². The van der Waals surface area contributed by atoms with Crippen molar-refractivity contribution in [1.82, 2.24) is 9.99 Å². The number of carbonyl (C=O) groups is 4. The summed E-state index contributed by atoms with van der Waals surface area (Å²) in [6.45, 7) is -0.0861. The van der Waals surface area contributed by atoms with Gasteiger partial charge in [0.1, 0.15) is 23.6 Å². The molecule has 62 heavy (non-hydrogen) atoms. The molecule has 3 fully saturated rings. The zero-order valence-electron chi connectivity index (χ0n) is 33.2. The van der Waals surface area contributed by atoms with E-state index in [9.17, 15) is 14.7 Å². The average molecular weight is 870 g/mol. The molecule has 2 aliphatic heterocycles. The maximum Gasteiger partial charge on any atom is 0.260 e. The van der Waals surface area contributed by atoms with Crippen LogP contribution in [0.5, 0.6) is 11.5 Å². The van der Waals surface area contributed by atoms with E-state index in [2.05, 4.69) is 10.4 Å². The minimum Gasteiger partial charge on any atom is -0.497 e. The van der Waals surface area contributed by atoms with Crippen LogP contribution in [0.25, 0.3) is 22.6 Å². The lowest BCUT2D eigenvalue weighted by Crippen LogP contribution is -2.53. The van der Waals surface area contributed by atoms with Crippen molar-refractivity contribution in [2.24, 2.45) is 23.7 Å². The predicted molar refractivity (Wildman–Crippen MR) is 232 cm³/mol. The molecule has 4 amide bonds. The van der Waals surface area contributed by atoms with Crippen molar-refractivity contribution < 1.29 is 38.2 Å². The number of hydrogen-bond donors (Lipinski definition) is 2. The van der Waals surface area contributed by atoms with Crippen LogP contribution >= 0.6 is 23.2 Å². The first-order valence-electron chi connectivity index (χ1n) is 20.2. The Morgan fingerprint density at radius 2 is 1.60 bits per heavy atom. The molecule has 10 rings (SSSR count). The van der Waals surface area contributed by atoms with E-state index in [4.69, 9.17) is 37.1 Å². The van der Waals surface area contributed by atoms with Gasteiger partial charge in [-0.25, -0.2) is 4.98 Å². The summed E-state index contributed by atoms with van der Waals surface area (Å²) in [5, 5.41) is 11.0. The minimum absolute atomic E-state index is 0.0873. The highest BCUT2D eigenvalue weighted by Crippen LogP contribution is 2.64. The quantitative estimate of drug-likeness (QED) is 0.102. The van der Waals surface area contributed by atoms with Crippen molar-refractivity contribution in [2.75, 3.05) is 30.6 Å². The summed E-state index contributed by atoms with van der Waals surface area (Å²) in [4.78, 5) is 65.8. The number of nitrogens with zero attached hydrogens (tertiary/aromatic N) is 3. The van der Waals surface area contributed by atoms with Crippen LogP contribution in [0.2, 0.25) is 10.0 Å². The average Bonchev–Trinajstić information content (AvgIpc) is 3.91. The van der Waals surface area contributed by atoms with Gasteiger partial charge in [-0.2, -0.15) is 5.01 Å². The molecule has 14 heteroatoms. The number of nitrogens with one attached hydrogen (secondary N) is 1. The van der Waals surface area contributed by atoms with E-state index >= 15 is 9.59 Å². The van der Waals surface area contributed by atoms with Crippen LogP contribution in [0.3, 0.4) is 0 Å². The summed E-state index contributed by atoms with van der Waals surface area (Å²) >= 11 is 12.8. The van der Waals surface area contributed by atoms with Crippen LogP contribution in [-0.2, 0) is 24.6 Å². The van der Waals surface area contributed by atoms with Crippen LogP contribution in [0.1, 0.15) is 29.9 Å². The van der Waals surface area contributed by atoms with Gasteiger partial charge in [-0.3, -0.25) is 29.5 Å². The fourth-order valence-electron chi connectivity index (χ4n) is 10.1. The standard InChI is InChI=1S/C48H38Cl2N4O8/c1-60-31-17-10-28(11-18-31)48-36(45(57)54(47(48)59)52-38-21-12-29(49)24-37(38)50)25-35-33(42(48)26-8-15-32(16-9-26)61-23-22-55)19-20-34-41(35)46(58)53(44(34)56)30-13-6-27(7-14-30)43-51-39-4-2-3-5-40(39)62-43/h2-19,21,24,34-36,41-42,52,55H,20,22-23,25H2,1H3. The Morgan fingerprint density at radius 1 is 0.855 bits per heavy atom. The molecule has 4 aliphatic rings. The second-order valence-electron chi connectivity index (χ2n) is 15.9. The molecular weight excluding hydrogens is 831 g/mol. The van der Waals surface area contributed by atoms with Crippen LogP contribution in [0.4, 0.5) is 11.4 Å². The van der Waals surface area contributed by atoms with Crippen molar-refractivity contribution in [3.63, 3.8) is 0 Å². The third kappa shape index (κ3) is 6.19. The van der Waals surface area contributed by atoms with Gasteiger partial charge in [0, 0.05) is 16.5 Å². The predicted octanol–water partition coefficient (Wildman–Crippen LogP) is 8.37. The number of rotatable bonds is 10. The second kappa shape index (κ2) is 15.5. The zero-order valence-corrected chi connectivity index (χ0v) is 34.7. The Morgan fingerprint density at radius 3 is 2.31 bits per heavy atom. The number of carbonyl (C=O) groups excluding carboxylic acids is 4. The van der Waals surface area contributed by atoms with E-state index in [1.165, 1.54) is 11.0 Å². The Balaban J connectivity index is 1.08. The highest BCUT2D eigenvalue weighted by molar-refractivity contribution is 6.36. The number of benzene rings is 5. The van der Waals surface area contributed by atoms with Gasteiger partial charge in [-0.1, -0.05) is 71.2 Å². The van der Waals surface area contributed by atoms with Crippen molar-refractivity contribution in [2.45, 2.75) is 24.2 Å². The maximum absolute atomic E-state index is 15.6. The van der Waals surface area contributed by atoms with Gasteiger partial charge in [0.05, 0.1) is 53.3 Å². The van der Waals surface area contributed by atoms with Crippen LogP contribution in [0, 0.1) is 23.7 Å². The first kappa shape index (κ1) is 39.7. The number of aliphatic hydroxyl groups excluding tert-OH is 1. The van der Waals surface area contributed by atoms with Crippen LogP contribution in [0.15, 0.2) is 131 Å². The zero-order chi connectivity index (χ0) is 42.9. The SMILES string of the molecule is COc1ccc(C23C(=O)N(Nc4ccc(Cl)cc4Cl)C(=O)C2CC2C(=CCC4C(=O)N(c5ccc(-c6nc7ccccc7o6)cc5)C(=O)C42)C3c2ccc(OCCO)cc2)cc1. The molecule has 2 aliphatic carbocycles. The van der Waals surface area contributed by atoms with Gasteiger partial charge in [0.15, 0.2) is 5.58 Å². The molecule has 6 atom stereocenters. The molecule has 2 N–H and O–H groups in total. The maximum atomic E-state index is 15.6. The van der Waals surface area contributed by atoms with Gasteiger partial charge < -0.3 is 19.0 Å². The third-order valence-electron chi connectivity index (χ3n) is 12.8. The Kier molecular flexibility index (Phi) is 9.89. The first-order valence-corrected chi connectivity index (χ1v) is 21.0. The fraction of sp³-hybridized carbons (Fsp3) is 0.229. The molecule has 1 aromatic heterocycles. The highest BCUT2D eigenvalue weighted by atomic mass is 35.5. The lowest BCUT2D eigenvalue weighted by molar-refractivity contribution is -0.138. The van der Waals surface area contributed by atoms with Crippen molar-refractivity contribution in [1.29, 1.82) is 0 Å². The number of halogens is 2. The lowest BCUT2D eigenvalue weighted by Gasteiger charge is -2.50. The normalized spacial score (nSPS) is 24.2. The topological polar surface area (TPSA) is 152 Å². The van der Waals surface area contributed by atoms with Crippen LogP contribution in [-0.4, -0.2) is 59.1 Å². The van der Waals surface area contributed by atoms with Crippen LogP contribution < -0.4 is 19.8 Å². The van der Waals surface area contributed by atoms with Gasteiger partial charge in [-0.15, -0.1) is 0 Å². The fourth-order valence-corrected chi connectivity index (χ4v) is 10.6. The molecule has 5 aromatic carbocycles. The molecule has 2 saturated heterocycles. The number of imide groups is 2. The van der Waals surface area contributed by atoms with Gasteiger partial charge >= 0.3 is 0 Å². The number of hydrogen-bond acceptors (Lipinski definition) is 10. The number of ether oxygens (including phenoxy) is 2. The summed E-state index contributed by atoms with van der Waals surface area (Å²) < 4.78 is 17.2. The summed E-state index contributed by atoms with van der Waals surface area (Å²) in [5.74, 6) is -4.07. The summed E-state index contributed by atoms with van der Waals surface area (Å²) in [6, 6.07) is 33.5.